The largest absolute Gasteiger partial charge is 0.383 e. The van der Waals surface area contributed by atoms with Crippen LogP contribution in [0.15, 0.2) is 0 Å². The van der Waals surface area contributed by atoms with Gasteiger partial charge in [-0.05, 0) is 38.9 Å². The van der Waals surface area contributed by atoms with E-state index >= 15 is 0 Å². The van der Waals surface area contributed by atoms with Gasteiger partial charge in [0.05, 0.1) is 11.9 Å². The molecule has 21 heavy (non-hydrogen) atoms. The Hall–Kier alpha value is -1.24. The first-order valence-electron chi connectivity index (χ1n) is 7.57. The van der Waals surface area contributed by atoms with E-state index in [1.165, 1.54) is 16.9 Å². The van der Waals surface area contributed by atoms with Gasteiger partial charge in [0.2, 0.25) is 0 Å². The van der Waals surface area contributed by atoms with Crippen molar-refractivity contribution in [1.29, 1.82) is 0 Å². The topological polar surface area (TPSA) is 67.1 Å². The van der Waals surface area contributed by atoms with Crippen LogP contribution in [-0.4, -0.2) is 40.5 Å². The van der Waals surface area contributed by atoms with Crippen LogP contribution in [0.5, 0.6) is 0 Å². The van der Waals surface area contributed by atoms with Gasteiger partial charge < -0.3 is 11.1 Å². The van der Waals surface area contributed by atoms with E-state index in [9.17, 15) is 0 Å². The molecule has 2 aromatic heterocycles. The molecule has 3 N–H and O–H groups in total. The quantitative estimate of drug-likeness (QED) is 0.905. The Balaban J connectivity index is 1.89. The minimum atomic E-state index is 0.585. The highest BCUT2D eigenvalue weighted by Crippen LogP contribution is 2.32. The van der Waals surface area contributed by atoms with Crippen LogP contribution in [0.3, 0.4) is 0 Å². The molecule has 3 heterocycles. The van der Waals surface area contributed by atoms with E-state index in [1.54, 1.807) is 11.3 Å². The molecule has 2 aromatic rings. The van der Waals surface area contributed by atoms with Gasteiger partial charge in [0.25, 0.3) is 0 Å². The van der Waals surface area contributed by atoms with E-state index in [0.29, 0.717) is 11.9 Å². The molecule has 0 aliphatic carbocycles. The zero-order valence-electron chi connectivity index (χ0n) is 12.9. The summed E-state index contributed by atoms with van der Waals surface area (Å²) in [5.74, 6) is 1.47. The van der Waals surface area contributed by atoms with Gasteiger partial charge in [0.15, 0.2) is 0 Å². The second-order valence-electron chi connectivity index (χ2n) is 5.70. The lowest BCUT2D eigenvalue weighted by Crippen LogP contribution is -2.36. The van der Waals surface area contributed by atoms with Gasteiger partial charge in [-0.3, -0.25) is 4.90 Å². The number of anilines is 1. The minimum absolute atomic E-state index is 0.585. The van der Waals surface area contributed by atoms with Gasteiger partial charge in [-0.15, -0.1) is 11.3 Å². The summed E-state index contributed by atoms with van der Waals surface area (Å²) in [5, 5.41) is 4.45. The summed E-state index contributed by atoms with van der Waals surface area (Å²) in [4.78, 5) is 14.0. The monoisotopic (exact) mass is 305 g/mol. The highest BCUT2D eigenvalue weighted by molar-refractivity contribution is 7.18. The van der Waals surface area contributed by atoms with Crippen LogP contribution in [0.25, 0.3) is 10.2 Å². The third kappa shape index (κ3) is 2.75. The molecule has 0 spiro atoms. The van der Waals surface area contributed by atoms with Crippen LogP contribution < -0.4 is 11.1 Å². The molecule has 3 rings (SSSR count). The number of aromatic nitrogens is 2. The molecular formula is C15H23N5S. The first-order chi connectivity index (χ1) is 10.1. The molecule has 1 saturated heterocycles. The van der Waals surface area contributed by atoms with Crippen molar-refractivity contribution in [3.8, 4) is 0 Å². The molecule has 5 nitrogen and oxygen atoms in total. The Labute approximate surface area is 129 Å². The summed E-state index contributed by atoms with van der Waals surface area (Å²) in [5.41, 5.74) is 7.38. The summed E-state index contributed by atoms with van der Waals surface area (Å²) in [6, 6.07) is 0.585. The van der Waals surface area contributed by atoms with Gasteiger partial charge >= 0.3 is 0 Å². The predicted molar refractivity (Wildman–Crippen MR) is 88.7 cm³/mol. The molecular weight excluding hydrogens is 282 g/mol. The molecule has 1 atom stereocenters. The van der Waals surface area contributed by atoms with E-state index in [0.717, 1.165) is 42.2 Å². The third-order valence-corrected chi connectivity index (χ3v) is 5.51. The van der Waals surface area contributed by atoms with Gasteiger partial charge in [-0.2, -0.15) is 0 Å². The first kappa shape index (κ1) is 14.7. The molecule has 114 valence electrons. The highest BCUT2D eigenvalue weighted by atomic mass is 32.1. The van der Waals surface area contributed by atoms with Crippen LogP contribution in [0, 0.1) is 13.8 Å². The second-order valence-corrected chi connectivity index (χ2v) is 6.90. The molecule has 0 bridgehead atoms. The molecule has 1 fully saturated rings. The van der Waals surface area contributed by atoms with E-state index in [2.05, 4.69) is 36.0 Å². The summed E-state index contributed by atoms with van der Waals surface area (Å²) in [7, 11) is 0. The van der Waals surface area contributed by atoms with E-state index in [4.69, 9.17) is 10.7 Å². The number of nitrogens with two attached hydrogens (primary N) is 1. The average Bonchev–Trinajstić information content (AvgIpc) is 3.06. The first-order valence-corrected chi connectivity index (χ1v) is 8.38. The minimum Gasteiger partial charge on any atom is -0.383 e. The number of thiophene rings is 1. The van der Waals surface area contributed by atoms with Crippen LogP contribution in [-0.2, 0) is 6.54 Å². The molecule has 0 aromatic carbocycles. The molecule has 1 aliphatic heterocycles. The molecule has 6 heteroatoms. The van der Waals surface area contributed by atoms with Crippen molar-refractivity contribution >= 4 is 27.4 Å². The van der Waals surface area contributed by atoms with E-state index < -0.39 is 0 Å². The fourth-order valence-electron chi connectivity index (χ4n) is 3.03. The number of hydrogen-bond donors (Lipinski definition) is 2. The lowest BCUT2D eigenvalue weighted by Gasteiger charge is -2.26. The number of aryl methyl sites for hydroxylation is 2. The van der Waals surface area contributed by atoms with Crippen molar-refractivity contribution in [2.24, 2.45) is 0 Å². The maximum Gasteiger partial charge on any atom is 0.146 e. The Morgan fingerprint density at radius 3 is 2.86 bits per heavy atom. The maximum atomic E-state index is 6.17. The summed E-state index contributed by atoms with van der Waals surface area (Å²) in [6.45, 7) is 10.4. The number of nitrogen functional groups attached to an aromatic ring is 1. The molecule has 0 amide bonds. The predicted octanol–water partition coefficient (Wildman–Crippen LogP) is 2.07. The van der Waals surface area contributed by atoms with Gasteiger partial charge in [-0.25, -0.2) is 9.97 Å². The highest BCUT2D eigenvalue weighted by Gasteiger charge is 2.22. The normalized spacial score (nSPS) is 19.0. The van der Waals surface area contributed by atoms with Crippen LogP contribution in [0.4, 0.5) is 5.82 Å². The number of hydrogen-bond acceptors (Lipinski definition) is 6. The van der Waals surface area contributed by atoms with Gasteiger partial charge in [0, 0.05) is 17.5 Å². The lowest BCUT2D eigenvalue weighted by molar-refractivity contribution is 0.205. The van der Waals surface area contributed by atoms with Crippen LogP contribution in [0.2, 0.25) is 0 Å². The Bertz CT molecular complexity index is 645. The van der Waals surface area contributed by atoms with Crippen LogP contribution in [0.1, 0.15) is 29.6 Å². The van der Waals surface area contributed by atoms with Crippen molar-refractivity contribution in [1.82, 2.24) is 20.2 Å². The SMILES string of the molecule is CCN(Cc1nc(N)c2c(C)c(C)sc2n1)C1CCNC1. The molecule has 0 saturated carbocycles. The average molecular weight is 305 g/mol. The van der Waals surface area contributed by atoms with Gasteiger partial charge in [-0.1, -0.05) is 6.92 Å². The van der Waals surface area contributed by atoms with Crippen molar-refractivity contribution in [3.05, 3.63) is 16.3 Å². The third-order valence-electron chi connectivity index (χ3n) is 4.40. The molecule has 1 unspecified atom stereocenters. The summed E-state index contributed by atoms with van der Waals surface area (Å²) >= 11 is 1.71. The van der Waals surface area contributed by atoms with E-state index in [1.807, 2.05) is 0 Å². The zero-order chi connectivity index (χ0) is 15.0. The molecule has 0 radical (unpaired) electrons. The fraction of sp³-hybridized carbons (Fsp3) is 0.600. The Morgan fingerprint density at radius 1 is 1.38 bits per heavy atom. The second kappa shape index (κ2) is 5.87. The smallest absolute Gasteiger partial charge is 0.146 e. The number of fused-ring (bicyclic) bond motifs is 1. The Kier molecular flexibility index (Phi) is 4.10. The fourth-order valence-corrected chi connectivity index (χ4v) is 4.09. The molecule has 1 aliphatic rings. The number of nitrogens with zero attached hydrogens (tertiary/aromatic N) is 3. The van der Waals surface area contributed by atoms with Crippen LogP contribution >= 0.6 is 11.3 Å². The maximum absolute atomic E-state index is 6.17. The summed E-state index contributed by atoms with van der Waals surface area (Å²) in [6.07, 6.45) is 1.20. The zero-order valence-corrected chi connectivity index (χ0v) is 13.8. The van der Waals surface area contributed by atoms with Gasteiger partial charge in [0.1, 0.15) is 16.5 Å². The number of rotatable bonds is 4. The summed E-state index contributed by atoms with van der Waals surface area (Å²) < 4.78 is 0. The Morgan fingerprint density at radius 2 is 2.19 bits per heavy atom. The number of likely N-dealkylation sites (N-methyl/N-ethyl adjacent to an activating group) is 1. The number of nitrogens with one attached hydrogen (secondary N) is 1. The van der Waals surface area contributed by atoms with Crippen molar-refractivity contribution in [2.45, 2.75) is 39.8 Å². The van der Waals surface area contributed by atoms with Crippen molar-refractivity contribution in [3.63, 3.8) is 0 Å². The standard InChI is InChI=1S/C15H23N5S/c1-4-20(11-5-6-17-7-11)8-12-18-14(16)13-9(2)10(3)21-15(13)19-12/h11,17H,4-8H2,1-3H3,(H2,16,18,19). The lowest BCUT2D eigenvalue weighted by atomic mass is 10.2. The van der Waals surface area contributed by atoms with Crippen molar-refractivity contribution in [2.75, 3.05) is 25.4 Å². The van der Waals surface area contributed by atoms with E-state index in [-0.39, 0.29) is 0 Å². The van der Waals surface area contributed by atoms with Crippen molar-refractivity contribution < 1.29 is 0 Å².